The van der Waals surface area contributed by atoms with Gasteiger partial charge < -0.3 is 14.6 Å². The van der Waals surface area contributed by atoms with Crippen LogP contribution in [0.1, 0.15) is 50.4 Å². The second-order valence-corrected chi connectivity index (χ2v) is 7.59. The lowest BCUT2D eigenvalue weighted by molar-refractivity contribution is -0.0584. The van der Waals surface area contributed by atoms with Gasteiger partial charge in [0.2, 0.25) is 0 Å². The van der Waals surface area contributed by atoms with E-state index in [1.807, 2.05) is 0 Å². The molecule has 3 rings (SSSR count). The fourth-order valence-corrected chi connectivity index (χ4v) is 4.53. The summed E-state index contributed by atoms with van der Waals surface area (Å²) in [5.74, 6) is 0.592. The molecule has 2 fully saturated rings. The third-order valence-electron chi connectivity index (χ3n) is 5.78. The Morgan fingerprint density at radius 1 is 1.32 bits per heavy atom. The number of esters is 1. The van der Waals surface area contributed by atoms with Gasteiger partial charge in [-0.25, -0.2) is 4.79 Å². The fraction of sp³-hybridized carbons (Fsp3) is 0.611. The molecule has 2 aliphatic carbocycles. The van der Waals surface area contributed by atoms with Gasteiger partial charge >= 0.3 is 5.97 Å². The van der Waals surface area contributed by atoms with E-state index in [2.05, 4.69) is 20.8 Å². The van der Waals surface area contributed by atoms with Crippen LogP contribution in [0.4, 0.5) is 0 Å². The highest BCUT2D eigenvalue weighted by atomic mass is 16.5. The Morgan fingerprint density at radius 3 is 2.64 bits per heavy atom. The van der Waals surface area contributed by atoms with Crippen molar-refractivity contribution in [3.8, 4) is 11.5 Å². The van der Waals surface area contributed by atoms with Crippen LogP contribution in [0.3, 0.4) is 0 Å². The Morgan fingerprint density at radius 2 is 2.05 bits per heavy atom. The third-order valence-corrected chi connectivity index (χ3v) is 5.78. The zero-order valence-electron chi connectivity index (χ0n) is 13.7. The normalized spacial score (nSPS) is 32.0. The van der Waals surface area contributed by atoms with Crippen LogP contribution in [0.15, 0.2) is 18.2 Å². The lowest BCUT2D eigenvalue weighted by Crippen LogP contribution is -2.43. The number of ether oxygens (including phenoxy) is 2. The van der Waals surface area contributed by atoms with Crippen molar-refractivity contribution in [3.05, 3.63) is 23.8 Å². The fourth-order valence-electron chi connectivity index (χ4n) is 4.53. The largest absolute Gasteiger partial charge is 0.504 e. The second-order valence-electron chi connectivity index (χ2n) is 7.59. The summed E-state index contributed by atoms with van der Waals surface area (Å²) >= 11 is 0. The van der Waals surface area contributed by atoms with Gasteiger partial charge in [0.15, 0.2) is 11.5 Å². The van der Waals surface area contributed by atoms with E-state index in [4.69, 9.17) is 9.47 Å². The number of rotatable bonds is 3. The van der Waals surface area contributed by atoms with Crippen molar-refractivity contribution in [1.29, 1.82) is 0 Å². The molecule has 4 nitrogen and oxygen atoms in total. The summed E-state index contributed by atoms with van der Waals surface area (Å²) in [6, 6.07) is 4.56. The predicted octanol–water partition coefficient (Wildman–Crippen LogP) is 3.77. The number of phenols is 1. The van der Waals surface area contributed by atoms with Crippen LogP contribution in [-0.4, -0.2) is 24.3 Å². The van der Waals surface area contributed by atoms with Crippen LogP contribution in [0, 0.1) is 16.7 Å². The Hall–Kier alpha value is -1.71. The maximum atomic E-state index is 12.5. The van der Waals surface area contributed by atoms with Crippen molar-refractivity contribution < 1.29 is 19.4 Å². The topological polar surface area (TPSA) is 55.8 Å². The van der Waals surface area contributed by atoms with Crippen molar-refractivity contribution in [1.82, 2.24) is 0 Å². The molecule has 1 aromatic rings. The highest BCUT2D eigenvalue weighted by Gasteiger charge is 2.61. The van der Waals surface area contributed by atoms with Gasteiger partial charge in [-0.2, -0.15) is 0 Å². The van der Waals surface area contributed by atoms with E-state index in [1.54, 1.807) is 6.07 Å². The summed E-state index contributed by atoms with van der Waals surface area (Å²) in [5.41, 5.74) is 0.519. The van der Waals surface area contributed by atoms with Crippen molar-refractivity contribution in [2.45, 2.75) is 46.1 Å². The van der Waals surface area contributed by atoms with E-state index in [1.165, 1.54) is 25.7 Å². The minimum atomic E-state index is -0.342. The highest BCUT2D eigenvalue weighted by molar-refractivity contribution is 5.90. The predicted molar refractivity (Wildman–Crippen MR) is 83.1 cm³/mol. The number of aromatic hydroxyl groups is 1. The van der Waals surface area contributed by atoms with Gasteiger partial charge in [-0.1, -0.05) is 20.8 Å². The van der Waals surface area contributed by atoms with E-state index in [-0.39, 0.29) is 34.4 Å². The standard InChI is InChI=1S/C18H24O4/c1-17(2)12-7-8-18(3,10-12)16(17)22-15(20)11-5-6-13(19)14(9-11)21-4/h5-6,9,12,16,19H,7-8,10H2,1-4H3/t12-,16-,18+/m1/s1. The molecule has 0 spiro atoms. The number of benzene rings is 1. The number of methoxy groups -OCH3 is 1. The molecule has 0 heterocycles. The minimum absolute atomic E-state index is 0.0175. The van der Waals surface area contributed by atoms with E-state index < -0.39 is 0 Å². The van der Waals surface area contributed by atoms with Crippen molar-refractivity contribution in [2.24, 2.45) is 16.7 Å². The summed E-state index contributed by atoms with van der Waals surface area (Å²) in [5, 5.41) is 9.63. The molecule has 120 valence electrons. The smallest absolute Gasteiger partial charge is 0.338 e. The first-order valence-corrected chi connectivity index (χ1v) is 7.86. The summed E-state index contributed by atoms with van der Waals surface area (Å²) in [6.45, 7) is 6.64. The van der Waals surface area contributed by atoms with Crippen LogP contribution in [0.25, 0.3) is 0 Å². The number of phenolic OH excluding ortho intramolecular Hbond substituents is 1. The van der Waals surface area contributed by atoms with Gasteiger partial charge in [-0.3, -0.25) is 0 Å². The first-order valence-electron chi connectivity index (χ1n) is 7.86. The van der Waals surface area contributed by atoms with E-state index in [0.717, 1.165) is 12.8 Å². The van der Waals surface area contributed by atoms with Gasteiger partial charge in [0.05, 0.1) is 12.7 Å². The molecule has 0 amide bonds. The molecule has 0 unspecified atom stereocenters. The van der Waals surface area contributed by atoms with Gasteiger partial charge in [0.1, 0.15) is 6.10 Å². The van der Waals surface area contributed by atoms with E-state index >= 15 is 0 Å². The third kappa shape index (κ3) is 2.16. The van der Waals surface area contributed by atoms with Crippen LogP contribution in [0.2, 0.25) is 0 Å². The molecule has 2 aliphatic rings. The first kappa shape index (κ1) is 15.2. The van der Waals surface area contributed by atoms with Gasteiger partial charge in [-0.15, -0.1) is 0 Å². The number of hydrogen-bond acceptors (Lipinski definition) is 4. The van der Waals surface area contributed by atoms with Gasteiger partial charge in [0, 0.05) is 10.8 Å². The minimum Gasteiger partial charge on any atom is -0.504 e. The lowest BCUT2D eigenvalue weighted by Gasteiger charge is -2.41. The Bertz CT molecular complexity index is 602. The molecule has 2 bridgehead atoms. The quantitative estimate of drug-likeness (QED) is 0.864. The highest BCUT2D eigenvalue weighted by Crippen LogP contribution is 2.63. The number of carbonyl (C=O) groups is 1. The van der Waals surface area contributed by atoms with Crippen LogP contribution < -0.4 is 4.74 Å². The molecule has 22 heavy (non-hydrogen) atoms. The molecule has 0 saturated heterocycles. The summed E-state index contributed by atoms with van der Waals surface area (Å²) in [4.78, 5) is 12.5. The van der Waals surface area contributed by atoms with Crippen molar-refractivity contribution >= 4 is 5.97 Å². The summed E-state index contributed by atoms with van der Waals surface area (Å²) < 4.78 is 11.0. The molecule has 0 aromatic heterocycles. The maximum Gasteiger partial charge on any atom is 0.338 e. The number of fused-ring (bicyclic) bond motifs is 2. The lowest BCUT2D eigenvalue weighted by atomic mass is 9.70. The van der Waals surface area contributed by atoms with Crippen LogP contribution in [0.5, 0.6) is 11.5 Å². The van der Waals surface area contributed by atoms with Gasteiger partial charge in [-0.05, 0) is 43.4 Å². The summed E-state index contributed by atoms with van der Waals surface area (Å²) in [7, 11) is 1.46. The average molecular weight is 304 g/mol. The Labute approximate surface area is 131 Å². The molecular formula is C18H24O4. The molecule has 1 aromatic carbocycles. The van der Waals surface area contributed by atoms with Crippen LogP contribution in [-0.2, 0) is 4.74 Å². The van der Waals surface area contributed by atoms with Crippen molar-refractivity contribution in [3.63, 3.8) is 0 Å². The Kier molecular flexibility index (Phi) is 3.38. The first-order chi connectivity index (χ1) is 10.3. The summed E-state index contributed by atoms with van der Waals surface area (Å²) in [6.07, 6.45) is 3.42. The monoisotopic (exact) mass is 304 g/mol. The second kappa shape index (κ2) is 4.90. The zero-order chi connectivity index (χ0) is 16.1. The maximum absolute atomic E-state index is 12.5. The zero-order valence-corrected chi connectivity index (χ0v) is 13.7. The van der Waals surface area contributed by atoms with E-state index in [0.29, 0.717) is 11.5 Å². The molecule has 2 saturated carbocycles. The Balaban J connectivity index is 1.83. The van der Waals surface area contributed by atoms with Gasteiger partial charge in [0.25, 0.3) is 0 Å². The van der Waals surface area contributed by atoms with E-state index in [9.17, 15) is 9.90 Å². The number of hydrogen-bond donors (Lipinski definition) is 1. The average Bonchev–Trinajstić information content (AvgIpc) is 2.95. The molecule has 0 aliphatic heterocycles. The van der Waals surface area contributed by atoms with Crippen LogP contribution >= 0.6 is 0 Å². The molecule has 4 heteroatoms. The molecule has 1 N–H and O–H groups in total. The SMILES string of the molecule is COc1cc(C(=O)O[C@@H]2C(C)(C)[C@@H]3CC[C@@]2(C)C3)ccc1O. The molecular weight excluding hydrogens is 280 g/mol. The van der Waals surface area contributed by atoms with Crippen molar-refractivity contribution in [2.75, 3.05) is 7.11 Å². The number of carbonyl (C=O) groups excluding carboxylic acids is 1. The molecule has 0 radical (unpaired) electrons. The molecule has 3 atom stereocenters.